The van der Waals surface area contributed by atoms with Gasteiger partial charge in [0.25, 0.3) is 0 Å². The number of ether oxygens (including phenoxy) is 4. The fourth-order valence-electron chi connectivity index (χ4n) is 4.59. The van der Waals surface area contributed by atoms with Gasteiger partial charge in [0, 0.05) is 12.7 Å². The summed E-state index contributed by atoms with van der Waals surface area (Å²) in [6.45, 7) is 1.43. The Morgan fingerprint density at radius 1 is 0.720 bits per heavy atom. The van der Waals surface area contributed by atoms with Gasteiger partial charge < -0.3 is 18.9 Å². The van der Waals surface area contributed by atoms with Crippen LogP contribution in [-0.2, 0) is 9.47 Å². The van der Waals surface area contributed by atoms with E-state index in [4.69, 9.17) is 14.2 Å². The highest BCUT2D eigenvalue weighted by molar-refractivity contribution is 5.92. The van der Waals surface area contributed by atoms with Gasteiger partial charge in [-0.25, -0.2) is 14.0 Å². The third-order valence-electron chi connectivity index (χ3n) is 7.50. The Labute approximate surface area is 284 Å². The lowest BCUT2D eigenvalue weighted by molar-refractivity contribution is -0.361. The van der Waals surface area contributed by atoms with Crippen LogP contribution in [0.3, 0.4) is 0 Å². The second kappa shape index (κ2) is 18.2. The number of rotatable bonds is 19. The van der Waals surface area contributed by atoms with Crippen molar-refractivity contribution in [3.63, 3.8) is 0 Å². The SMILES string of the molecule is CCCCC[C@H](C)OC(=O)c1ccc(-c2ccc(OC(=O)c3ccc(OCCCCCOCC(F)(F)C(F)(F)C(F)(F)F)cc3F)cc2)cc1. The van der Waals surface area contributed by atoms with Crippen LogP contribution < -0.4 is 9.47 Å². The summed E-state index contributed by atoms with van der Waals surface area (Å²) in [4.78, 5) is 25.0. The summed E-state index contributed by atoms with van der Waals surface area (Å²) in [7, 11) is 0. The summed E-state index contributed by atoms with van der Waals surface area (Å²) in [5.41, 5.74) is 1.67. The molecule has 0 amide bonds. The van der Waals surface area contributed by atoms with E-state index in [1.807, 2.05) is 6.92 Å². The molecule has 0 N–H and O–H groups in total. The van der Waals surface area contributed by atoms with Crippen LogP contribution in [0, 0.1) is 5.82 Å². The summed E-state index contributed by atoms with van der Waals surface area (Å²) in [6, 6.07) is 16.8. The highest BCUT2D eigenvalue weighted by Crippen LogP contribution is 2.46. The van der Waals surface area contributed by atoms with Crippen LogP contribution in [0.4, 0.5) is 35.1 Å². The molecule has 0 radical (unpaired) electrons. The largest absolute Gasteiger partial charge is 0.493 e. The first-order valence-electron chi connectivity index (χ1n) is 16.0. The molecule has 0 fully saturated rings. The molecule has 6 nitrogen and oxygen atoms in total. The van der Waals surface area contributed by atoms with Crippen LogP contribution in [0.2, 0.25) is 0 Å². The van der Waals surface area contributed by atoms with E-state index in [0.29, 0.717) is 12.0 Å². The van der Waals surface area contributed by atoms with Gasteiger partial charge in [0.1, 0.15) is 23.9 Å². The number of carbonyl (C=O) groups excluding carboxylic acids is 2. The van der Waals surface area contributed by atoms with Crippen molar-refractivity contribution in [2.24, 2.45) is 0 Å². The van der Waals surface area contributed by atoms with E-state index < -0.39 is 49.0 Å². The molecule has 0 aliphatic heterocycles. The maximum atomic E-state index is 14.7. The Morgan fingerprint density at radius 2 is 1.32 bits per heavy atom. The average Bonchev–Trinajstić information content (AvgIpc) is 3.06. The van der Waals surface area contributed by atoms with Crippen molar-refractivity contribution in [2.45, 2.75) is 82.9 Å². The van der Waals surface area contributed by atoms with E-state index in [0.717, 1.165) is 42.9 Å². The van der Waals surface area contributed by atoms with Crippen molar-refractivity contribution in [3.05, 3.63) is 83.7 Å². The quantitative estimate of drug-likeness (QED) is 0.0532. The molecule has 0 aliphatic carbocycles. The van der Waals surface area contributed by atoms with Gasteiger partial charge in [-0.3, -0.25) is 0 Å². The van der Waals surface area contributed by atoms with Gasteiger partial charge in [-0.2, -0.15) is 30.7 Å². The number of unbranched alkanes of at least 4 members (excludes halogenated alkanes) is 4. The Bertz CT molecular complexity index is 1530. The summed E-state index contributed by atoms with van der Waals surface area (Å²) in [6.07, 6.45) is -1.96. The molecule has 274 valence electrons. The molecule has 0 unspecified atom stereocenters. The summed E-state index contributed by atoms with van der Waals surface area (Å²) >= 11 is 0. The van der Waals surface area contributed by atoms with Crippen LogP contribution in [0.15, 0.2) is 66.7 Å². The molecule has 0 aliphatic rings. The molecular weight excluding hydrogens is 680 g/mol. The van der Waals surface area contributed by atoms with Crippen LogP contribution in [0.1, 0.15) is 79.5 Å². The minimum Gasteiger partial charge on any atom is -0.493 e. The van der Waals surface area contributed by atoms with Gasteiger partial charge in [-0.15, -0.1) is 0 Å². The van der Waals surface area contributed by atoms with Crippen LogP contribution in [0.25, 0.3) is 11.1 Å². The highest BCUT2D eigenvalue weighted by atomic mass is 19.4. The van der Waals surface area contributed by atoms with Gasteiger partial charge in [0.2, 0.25) is 0 Å². The molecule has 3 aromatic carbocycles. The third-order valence-corrected chi connectivity index (χ3v) is 7.50. The number of hydrogen-bond acceptors (Lipinski definition) is 6. The van der Waals surface area contributed by atoms with Crippen molar-refractivity contribution >= 4 is 11.9 Å². The molecule has 0 saturated carbocycles. The first kappa shape index (κ1) is 40.2. The standard InChI is InChI=1S/C36H38F8O6/c1-3-4-6-9-24(2)49-32(45)27-12-10-25(11-13-27)26-14-16-28(17-15-26)50-33(46)30-19-18-29(22-31(30)37)48-21-8-5-7-20-47-23-34(38,39)35(40,41)36(42,43)44/h10-19,22,24H,3-9,20-21,23H2,1-2H3/t24-/m0/s1. The van der Waals surface area contributed by atoms with Crippen molar-refractivity contribution in [1.29, 1.82) is 0 Å². The van der Waals surface area contributed by atoms with E-state index in [1.54, 1.807) is 36.4 Å². The van der Waals surface area contributed by atoms with E-state index in [-0.39, 0.29) is 42.6 Å². The maximum absolute atomic E-state index is 14.7. The summed E-state index contributed by atoms with van der Waals surface area (Å²) < 4.78 is 124. The molecular formula is C36H38F8O6. The van der Waals surface area contributed by atoms with Crippen molar-refractivity contribution in [2.75, 3.05) is 19.8 Å². The number of halogens is 8. The van der Waals surface area contributed by atoms with E-state index in [1.165, 1.54) is 24.3 Å². The molecule has 0 bridgehead atoms. The average molecular weight is 719 g/mol. The molecule has 50 heavy (non-hydrogen) atoms. The van der Waals surface area contributed by atoms with Crippen LogP contribution >= 0.6 is 0 Å². The highest BCUT2D eigenvalue weighted by Gasteiger charge is 2.72. The number of benzene rings is 3. The number of alkyl halides is 7. The second-order valence-electron chi connectivity index (χ2n) is 11.6. The van der Waals surface area contributed by atoms with Crippen LogP contribution in [-0.4, -0.2) is 55.9 Å². The second-order valence-corrected chi connectivity index (χ2v) is 11.6. The minimum absolute atomic E-state index is 0.0308. The van der Waals surface area contributed by atoms with E-state index in [2.05, 4.69) is 11.7 Å². The molecule has 0 spiro atoms. The molecule has 3 aromatic rings. The Kier molecular flexibility index (Phi) is 14.6. The lowest BCUT2D eigenvalue weighted by Gasteiger charge is -2.27. The smallest absolute Gasteiger partial charge is 0.459 e. The topological polar surface area (TPSA) is 71.1 Å². The molecule has 0 aromatic heterocycles. The van der Waals surface area contributed by atoms with Crippen molar-refractivity contribution < 1.29 is 63.7 Å². The van der Waals surface area contributed by atoms with Gasteiger partial charge in [0.15, 0.2) is 0 Å². The summed E-state index contributed by atoms with van der Waals surface area (Å²) in [5.74, 6) is -13.7. The minimum atomic E-state index is -6.41. The fraction of sp³-hybridized carbons (Fsp3) is 0.444. The zero-order valence-corrected chi connectivity index (χ0v) is 27.5. The third kappa shape index (κ3) is 11.4. The predicted molar refractivity (Wildman–Crippen MR) is 168 cm³/mol. The molecule has 3 rings (SSSR count). The zero-order valence-electron chi connectivity index (χ0n) is 27.5. The van der Waals surface area contributed by atoms with Crippen molar-refractivity contribution in [3.8, 4) is 22.6 Å². The van der Waals surface area contributed by atoms with Gasteiger partial charge >= 0.3 is 30.0 Å². The Balaban J connectivity index is 1.41. The predicted octanol–water partition coefficient (Wildman–Crippen LogP) is 10.2. The molecule has 0 heterocycles. The summed E-state index contributed by atoms with van der Waals surface area (Å²) in [5, 5.41) is 0. The first-order chi connectivity index (χ1) is 23.6. The lowest BCUT2D eigenvalue weighted by Crippen LogP contribution is -2.54. The van der Waals surface area contributed by atoms with E-state index >= 15 is 0 Å². The van der Waals surface area contributed by atoms with Crippen LogP contribution in [0.5, 0.6) is 11.5 Å². The Morgan fingerprint density at radius 3 is 1.92 bits per heavy atom. The number of esters is 2. The first-order valence-corrected chi connectivity index (χ1v) is 16.0. The maximum Gasteiger partial charge on any atom is 0.459 e. The molecule has 0 saturated heterocycles. The monoisotopic (exact) mass is 718 g/mol. The van der Waals surface area contributed by atoms with Gasteiger partial charge in [0.05, 0.1) is 23.8 Å². The fourth-order valence-corrected chi connectivity index (χ4v) is 4.59. The van der Waals surface area contributed by atoms with Gasteiger partial charge in [-0.1, -0.05) is 44.0 Å². The number of carbonyl (C=O) groups is 2. The Hall–Kier alpha value is -4.20. The normalized spacial score (nSPS) is 12.8. The molecule has 14 heteroatoms. The number of hydrogen-bond donors (Lipinski definition) is 0. The zero-order chi connectivity index (χ0) is 37.0. The molecule has 1 atom stereocenters. The van der Waals surface area contributed by atoms with Crippen molar-refractivity contribution in [1.82, 2.24) is 0 Å². The lowest BCUT2D eigenvalue weighted by atomic mass is 10.0. The van der Waals surface area contributed by atoms with E-state index in [9.17, 15) is 44.7 Å². The van der Waals surface area contributed by atoms with Gasteiger partial charge in [-0.05, 0) is 86.6 Å².